The molecule has 0 spiro atoms. The van der Waals surface area contributed by atoms with Gasteiger partial charge in [-0.25, -0.2) is 0 Å². The minimum Gasteiger partial charge on any atom is -0.504 e. The zero-order valence-electron chi connectivity index (χ0n) is 11.6. The van der Waals surface area contributed by atoms with Gasteiger partial charge in [-0.15, -0.1) is 0 Å². The lowest BCUT2D eigenvalue weighted by Crippen LogP contribution is -2.17. The number of halogens is 1. The summed E-state index contributed by atoms with van der Waals surface area (Å²) in [7, 11) is 1.53. The number of aromatic hydroxyl groups is 1. The largest absolute Gasteiger partial charge is 0.504 e. The van der Waals surface area contributed by atoms with Crippen molar-refractivity contribution < 1.29 is 9.84 Å². The topological polar surface area (TPSA) is 41.5 Å². The second-order valence-corrected chi connectivity index (χ2v) is 5.20. The van der Waals surface area contributed by atoms with E-state index in [9.17, 15) is 5.11 Å². The summed E-state index contributed by atoms with van der Waals surface area (Å²) in [4.78, 5) is 0. The van der Waals surface area contributed by atoms with Gasteiger partial charge in [-0.2, -0.15) is 0 Å². The van der Waals surface area contributed by atoms with Gasteiger partial charge in [0.25, 0.3) is 0 Å². The lowest BCUT2D eigenvalue weighted by molar-refractivity contribution is 0.373. The lowest BCUT2D eigenvalue weighted by atomic mass is 10.1. The van der Waals surface area contributed by atoms with Crippen molar-refractivity contribution in [1.82, 2.24) is 0 Å². The van der Waals surface area contributed by atoms with E-state index in [1.165, 1.54) is 12.7 Å². The lowest BCUT2D eigenvalue weighted by Gasteiger charge is -2.16. The van der Waals surface area contributed by atoms with Crippen LogP contribution in [0.1, 0.15) is 12.5 Å². The molecule has 1 atom stereocenters. The molecule has 0 aliphatic rings. The van der Waals surface area contributed by atoms with E-state index in [-0.39, 0.29) is 11.8 Å². The summed E-state index contributed by atoms with van der Waals surface area (Å²) in [6, 6.07) is 13.4. The maximum absolute atomic E-state index is 9.74. The Balaban J connectivity index is 1.99. The van der Waals surface area contributed by atoms with Crippen LogP contribution in [0, 0.1) is 0 Å². The second kappa shape index (κ2) is 6.53. The van der Waals surface area contributed by atoms with E-state index in [2.05, 4.69) is 12.2 Å². The molecule has 106 valence electrons. The third-order valence-electron chi connectivity index (χ3n) is 3.05. The Kier molecular flexibility index (Phi) is 4.74. The standard InChI is InChI=1S/C16H18ClNO2/c1-11(9-12-3-5-13(17)6-4-12)18-14-7-8-16(20-2)15(19)10-14/h3-8,10-11,18-19H,9H2,1-2H3. The van der Waals surface area contributed by atoms with Crippen molar-refractivity contribution in [2.75, 3.05) is 12.4 Å². The quantitative estimate of drug-likeness (QED) is 0.871. The third-order valence-corrected chi connectivity index (χ3v) is 3.30. The number of rotatable bonds is 5. The molecule has 0 radical (unpaired) electrons. The molecular formula is C16H18ClNO2. The Morgan fingerprint density at radius 1 is 1.20 bits per heavy atom. The number of anilines is 1. The van der Waals surface area contributed by atoms with Gasteiger partial charge in [0, 0.05) is 22.8 Å². The van der Waals surface area contributed by atoms with Crippen LogP contribution in [0.2, 0.25) is 5.02 Å². The van der Waals surface area contributed by atoms with Crippen molar-refractivity contribution in [2.24, 2.45) is 0 Å². The predicted molar refractivity (Wildman–Crippen MR) is 82.9 cm³/mol. The smallest absolute Gasteiger partial charge is 0.160 e. The van der Waals surface area contributed by atoms with Crippen molar-refractivity contribution in [3.8, 4) is 11.5 Å². The van der Waals surface area contributed by atoms with Crippen LogP contribution in [0.15, 0.2) is 42.5 Å². The van der Waals surface area contributed by atoms with Crippen molar-refractivity contribution in [3.05, 3.63) is 53.1 Å². The first-order valence-corrected chi connectivity index (χ1v) is 6.84. The number of phenols is 1. The molecule has 0 heterocycles. The van der Waals surface area contributed by atoms with E-state index in [1.54, 1.807) is 12.1 Å². The molecule has 0 bridgehead atoms. The zero-order valence-corrected chi connectivity index (χ0v) is 12.3. The summed E-state index contributed by atoms with van der Waals surface area (Å²) in [6.07, 6.45) is 0.879. The molecule has 0 aromatic heterocycles. The van der Waals surface area contributed by atoms with E-state index < -0.39 is 0 Å². The number of nitrogens with one attached hydrogen (secondary N) is 1. The summed E-state index contributed by atoms with van der Waals surface area (Å²) in [6.45, 7) is 2.09. The van der Waals surface area contributed by atoms with Gasteiger partial charge in [-0.3, -0.25) is 0 Å². The molecule has 0 saturated carbocycles. The van der Waals surface area contributed by atoms with Crippen LogP contribution in [0.3, 0.4) is 0 Å². The molecule has 2 rings (SSSR count). The molecule has 0 saturated heterocycles. The molecule has 2 N–H and O–H groups in total. The fourth-order valence-electron chi connectivity index (χ4n) is 2.09. The van der Waals surface area contributed by atoms with Gasteiger partial charge in [0.15, 0.2) is 11.5 Å². The Bertz CT molecular complexity index is 569. The zero-order chi connectivity index (χ0) is 14.5. The van der Waals surface area contributed by atoms with Crippen molar-refractivity contribution >= 4 is 17.3 Å². The van der Waals surface area contributed by atoms with Gasteiger partial charge >= 0.3 is 0 Å². The van der Waals surface area contributed by atoms with E-state index in [1.807, 2.05) is 30.3 Å². The molecule has 4 heteroatoms. The van der Waals surface area contributed by atoms with Crippen molar-refractivity contribution in [3.63, 3.8) is 0 Å². The summed E-state index contributed by atoms with van der Waals surface area (Å²) >= 11 is 5.87. The van der Waals surface area contributed by atoms with Crippen LogP contribution >= 0.6 is 11.6 Å². The van der Waals surface area contributed by atoms with Crippen molar-refractivity contribution in [2.45, 2.75) is 19.4 Å². The van der Waals surface area contributed by atoms with Crippen LogP contribution in [-0.2, 0) is 6.42 Å². The SMILES string of the molecule is COc1ccc(NC(C)Cc2ccc(Cl)cc2)cc1O. The molecule has 0 fully saturated rings. The van der Waals surface area contributed by atoms with Gasteiger partial charge in [0.1, 0.15) is 0 Å². The Morgan fingerprint density at radius 3 is 2.50 bits per heavy atom. The number of hydrogen-bond acceptors (Lipinski definition) is 3. The average molecular weight is 292 g/mol. The summed E-state index contributed by atoms with van der Waals surface area (Å²) in [5, 5.41) is 13.8. The normalized spacial score (nSPS) is 11.9. The number of hydrogen-bond donors (Lipinski definition) is 2. The Labute approximate surface area is 124 Å². The maximum Gasteiger partial charge on any atom is 0.160 e. The average Bonchev–Trinajstić information content (AvgIpc) is 2.41. The number of ether oxygens (including phenoxy) is 1. The molecule has 0 aliphatic carbocycles. The van der Waals surface area contributed by atoms with E-state index in [0.717, 1.165) is 17.1 Å². The highest BCUT2D eigenvalue weighted by atomic mass is 35.5. The highest BCUT2D eigenvalue weighted by molar-refractivity contribution is 6.30. The third kappa shape index (κ3) is 3.81. The maximum atomic E-state index is 9.74. The first-order valence-electron chi connectivity index (χ1n) is 6.46. The van der Waals surface area contributed by atoms with Crippen molar-refractivity contribution in [1.29, 1.82) is 0 Å². The van der Waals surface area contributed by atoms with E-state index in [4.69, 9.17) is 16.3 Å². The highest BCUT2D eigenvalue weighted by Crippen LogP contribution is 2.29. The minimum atomic E-state index is 0.135. The van der Waals surface area contributed by atoms with Crippen LogP contribution in [0.25, 0.3) is 0 Å². The molecular weight excluding hydrogens is 274 g/mol. The molecule has 2 aromatic rings. The summed E-state index contributed by atoms with van der Waals surface area (Å²) in [5.41, 5.74) is 2.08. The molecule has 0 aliphatic heterocycles. The van der Waals surface area contributed by atoms with Gasteiger partial charge in [-0.05, 0) is 43.2 Å². The fraction of sp³-hybridized carbons (Fsp3) is 0.250. The first kappa shape index (κ1) is 14.5. The first-order chi connectivity index (χ1) is 9.58. The molecule has 2 aromatic carbocycles. The van der Waals surface area contributed by atoms with E-state index >= 15 is 0 Å². The highest BCUT2D eigenvalue weighted by Gasteiger charge is 2.06. The Hall–Kier alpha value is -1.87. The molecule has 0 amide bonds. The number of phenolic OH excluding ortho intramolecular Hbond substituents is 1. The van der Waals surface area contributed by atoms with Crippen LogP contribution in [0.5, 0.6) is 11.5 Å². The number of methoxy groups -OCH3 is 1. The van der Waals surface area contributed by atoms with Crippen LogP contribution in [-0.4, -0.2) is 18.3 Å². The monoisotopic (exact) mass is 291 g/mol. The predicted octanol–water partition coefficient (Wildman–Crippen LogP) is 4.10. The van der Waals surface area contributed by atoms with Gasteiger partial charge in [0.2, 0.25) is 0 Å². The summed E-state index contributed by atoms with van der Waals surface area (Å²) in [5.74, 6) is 0.608. The Morgan fingerprint density at radius 2 is 1.90 bits per heavy atom. The molecule has 1 unspecified atom stereocenters. The summed E-state index contributed by atoms with van der Waals surface area (Å²) < 4.78 is 5.02. The molecule has 20 heavy (non-hydrogen) atoms. The number of benzene rings is 2. The molecule has 3 nitrogen and oxygen atoms in total. The van der Waals surface area contributed by atoms with Gasteiger partial charge < -0.3 is 15.2 Å². The van der Waals surface area contributed by atoms with E-state index in [0.29, 0.717) is 5.75 Å². The fourth-order valence-corrected chi connectivity index (χ4v) is 2.22. The minimum absolute atomic E-state index is 0.135. The van der Waals surface area contributed by atoms with Crippen LogP contribution < -0.4 is 10.1 Å². The van der Waals surface area contributed by atoms with Crippen LogP contribution in [0.4, 0.5) is 5.69 Å². The van der Waals surface area contributed by atoms with Gasteiger partial charge in [0.05, 0.1) is 7.11 Å². The second-order valence-electron chi connectivity index (χ2n) is 4.76. The van der Waals surface area contributed by atoms with Gasteiger partial charge in [-0.1, -0.05) is 23.7 Å².